The number of fused-ring (bicyclic) bond motifs is 1. The summed E-state index contributed by atoms with van der Waals surface area (Å²) in [7, 11) is 2.07. The topological polar surface area (TPSA) is 56.7 Å². The first kappa shape index (κ1) is 14.6. The van der Waals surface area contributed by atoms with Gasteiger partial charge in [0.25, 0.3) is 0 Å². The van der Waals surface area contributed by atoms with Crippen LogP contribution in [0.15, 0.2) is 41.2 Å². The SMILES string of the molecule is Cc1noc(C)c1-c1cc2c(cc(C)n2C)c(-c2cccnc2)n1. The van der Waals surface area contributed by atoms with Crippen LogP contribution in [-0.4, -0.2) is 19.7 Å². The quantitative estimate of drug-likeness (QED) is 0.555. The molecule has 5 heteroatoms. The van der Waals surface area contributed by atoms with Gasteiger partial charge in [-0.1, -0.05) is 5.16 Å². The van der Waals surface area contributed by atoms with Crippen molar-refractivity contribution in [3.05, 3.63) is 53.8 Å². The van der Waals surface area contributed by atoms with Crippen molar-refractivity contribution in [2.45, 2.75) is 20.8 Å². The Labute approximate surface area is 140 Å². The average molecular weight is 318 g/mol. The van der Waals surface area contributed by atoms with Crippen LogP contribution in [0.1, 0.15) is 17.1 Å². The smallest absolute Gasteiger partial charge is 0.143 e. The van der Waals surface area contributed by atoms with Crippen molar-refractivity contribution < 1.29 is 4.52 Å². The molecule has 4 heterocycles. The molecule has 0 amide bonds. The van der Waals surface area contributed by atoms with Crippen LogP contribution in [0.4, 0.5) is 0 Å². The van der Waals surface area contributed by atoms with Crippen LogP contribution < -0.4 is 0 Å². The van der Waals surface area contributed by atoms with Gasteiger partial charge in [-0.05, 0) is 45.0 Å². The van der Waals surface area contributed by atoms with Gasteiger partial charge in [-0.25, -0.2) is 4.98 Å². The number of pyridine rings is 2. The minimum Gasteiger partial charge on any atom is -0.361 e. The zero-order chi connectivity index (χ0) is 16.8. The van der Waals surface area contributed by atoms with E-state index in [-0.39, 0.29) is 0 Å². The Balaban J connectivity index is 2.09. The fourth-order valence-corrected chi connectivity index (χ4v) is 3.16. The van der Waals surface area contributed by atoms with Crippen LogP contribution in [0.3, 0.4) is 0 Å². The predicted molar refractivity (Wildman–Crippen MR) is 93.7 cm³/mol. The Morgan fingerprint density at radius 2 is 1.96 bits per heavy atom. The molecule has 0 unspecified atom stereocenters. The Bertz CT molecular complexity index is 1020. The first-order chi connectivity index (χ1) is 11.6. The number of aryl methyl sites for hydroxylation is 4. The third kappa shape index (κ3) is 2.12. The molecular formula is C19H18N4O. The molecule has 0 N–H and O–H groups in total. The second-order valence-electron chi connectivity index (χ2n) is 6.07. The summed E-state index contributed by atoms with van der Waals surface area (Å²) in [5.74, 6) is 0.780. The van der Waals surface area contributed by atoms with E-state index in [9.17, 15) is 0 Å². The number of nitrogens with zero attached hydrogens (tertiary/aromatic N) is 4. The molecule has 4 rings (SSSR count). The van der Waals surface area contributed by atoms with Crippen molar-refractivity contribution in [1.29, 1.82) is 0 Å². The fourth-order valence-electron chi connectivity index (χ4n) is 3.16. The Kier molecular flexibility index (Phi) is 3.23. The number of hydrogen-bond donors (Lipinski definition) is 0. The van der Waals surface area contributed by atoms with E-state index in [1.807, 2.05) is 32.2 Å². The molecule has 0 aliphatic rings. The normalized spacial score (nSPS) is 11.3. The Morgan fingerprint density at radius 3 is 2.62 bits per heavy atom. The maximum absolute atomic E-state index is 5.33. The van der Waals surface area contributed by atoms with Crippen molar-refractivity contribution in [3.8, 4) is 22.5 Å². The molecule has 4 aromatic heterocycles. The molecule has 4 aromatic rings. The second kappa shape index (κ2) is 5.30. The van der Waals surface area contributed by atoms with Crippen LogP contribution in [0, 0.1) is 20.8 Å². The number of rotatable bonds is 2. The summed E-state index contributed by atoms with van der Waals surface area (Å²) in [5.41, 5.74) is 6.94. The van der Waals surface area contributed by atoms with E-state index < -0.39 is 0 Å². The van der Waals surface area contributed by atoms with Crippen molar-refractivity contribution in [2.75, 3.05) is 0 Å². The molecule has 5 nitrogen and oxygen atoms in total. The van der Waals surface area contributed by atoms with E-state index in [0.29, 0.717) is 0 Å². The third-order valence-electron chi connectivity index (χ3n) is 4.50. The Morgan fingerprint density at radius 1 is 1.12 bits per heavy atom. The summed E-state index contributed by atoms with van der Waals surface area (Å²) in [6.07, 6.45) is 3.62. The van der Waals surface area contributed by atoms with Gasteiger partial charge in [-0.2, -0.15) is 0 Å². The van der Waals surface area contributed by atoms with Crippen LogP contribution in [-0.2, 0) is 7.05 Å². The van der Waals surface area contributed by atoms with Crippen molar-refractivity contribution >= 4 is 10.9 Å². The molecule has 0 aliphatic heterocycles. The molecule has 0 aliphatic carbocycles. The fraction of sp³-hybridized carbons (Fsp3) is 0.211. The van der Waals surface area contributed by atoms with Gasteiger partial charge in [0.05, 0.1) is 28.2 Å². The van der Waals surface area contributed by atoms with Gasteiger partial charge in [0.2, 0.25) is 0 Å². The molecule has 0 saturated carbocycles. The van der Waals surface area contributed by atoms with Crippen molar-refractivity contribution in [3.63, 3.8) is 0 Å². The largest absolute Gasteiger partial charge is 0.361 e. The van der Waals surface area contributed by atoms with E-state index >= 15 is 0 Å². The highest BCUT2D eigenvalue weighted by atomic mass is 16.5. The van der Waals surface area contributed by atoms with Crippen molar-refractivity contribution in [1.82, 2.24) is 19.7 Å². The van der Waals surface area contributed by atoms with E-state index in [0.717, 1.165) is 44.9 Å². The maximum atomic E-state index is 5.33. The molecule has 0 radical (unpaired) electrons. The van der Waals surface area contributed by atoms with Crippen molar-refractivity contribution in [2.24, 2.45) is 7.05 Å². The minimum absolute atomic E-state index is 0.780. The van der Waals surface area contributed by atoms with Gasteiger partial charge in [-0.15, -0.1) is 0 Å². The average Bonchev–Trinajstić information content (AvgIpc) is 3.07. The minimum atomic E-state index is 0.780. The van der Waals surface area contributed by atoms with Gasteiger partial charge in [0.1, 0.15) is 5.76 Å². The molecule has 0 saturated heterocycles. The van der Waals surface area contributed by atoms with Crippen LogP contribution >= 0.6 is 0 Å². The lowest BCUT2D eigenvalue weighted by Gasteiger charge is -2.08. The third-order valence-corrected chi connectivity index (χ3v) is 4.50. The monoisotopic (exact) mass is 318 g/mol. The second-order valence-corrected chi connectivity index (χ2v) is 6.07. The highest BCUT2D eigenvalue weighted by Gasteiger charge is 2.18. The van der Waals surface area contributed by atoms with Crippen LogP contribution in [0.5, 0.6) is 0 Å². The standard InChI is InChI=1S/C19H18N4O/c1-11-8-15-17(23(11)4)9-16(18-12(2)22-24-13(18)3)21-19(15)14-6-5-7-20-10-14/h5-10H,1-4H3. The van der Waals surface area contributed by atoms with E-state index in [2.05, 4.69) is 40.8 Å². The molecule has 0 atom stereocenters. The maximum Gasteiger partial charge on any atom is 0.143 e. The molecule has 0 spiro atoms. The zero-order valence-corrected chi connectivity index (χ0v) is 14.2. The summed E-state index contributed by atoms with van der Waals surface area (Å²) in [6, 6.07) is 8.24. The molecule has 24 heavy (non-hydrogen) atoms. The number of hydrogen-bond acceptors (Lipinski definition) is 4. The zero-order valence-electron chi connectivity index (χ0n) is 14.2. The first-order valence-corrected chi connectivity index (χ1v) is 7.87. The van der Waals surface area contributed by atoms with E-state index in [1.165, 1.54) is 5.69 Å². The van der Waals surface area contributed by atoms with Gasteiger partial charge in [-0.3, -0.25) is 4.98 Å². The first-order valence-electron chi connectivity index (χ1n) is 7.87. The van der Waals surface area contributed by atoms with Crippen LogP contribution in [0.2, 0.25) is 0 Å². The Hall–Kier alpha value is -2.95. The number of aromatic nitrogens is 4. The highest BCUT2D eigenvalue weighted by molar-refractivity contribution is 5.96. The lowest BCUT2D eigenvalue weighted by molar-refractivity contribution is 0.393. The molecule has 0 bridgehead atoms. The van der Waals surface area contributed by atoms with E-state index in [1.54, 1.807) is 6.20 Å². The van der Waals surface area contributed by atoms with Gasteiger partial charge < -0.3 is 9.09 Å². The lowest BCUT2D eigenvalue weighted by atomic mass is 10.0. The van der Waals surface area contributed by atoms with Crippen LogP contribution in [0.25, 0.3) is 33.4 Å². The highest BCUT2D eigenvalue weighted by Crippen LogP contribution is 2.34. The van der Waals surface area contributed by atoms with Gasteiger partial charge >= 0.3 is 0 Å². The van der Waals surface area contributed by atoms with E-state index in [4.69, 9.17) is 9.51 Å². The lowest BCUT2D eigenvalue weighted by Crippen LogP contribution is -1.95. The summed E-state index contributed by atoms with van der Waals surface area (Å²) >= 11 is 0. The molecule has 0 aromatic carbocycles. The van der Waals surface area contributed by atoms with Gasteiger partial charge in [0.15, 0.2) is 0 Å². The summed E-state index contributed by atoms with van der Waals surface area (Å²) < 4.78 is 7.51. The molecule has 0 fully saturated rings. The summed E-state index contributed by atoms with van der Waals surface area (Å²) in [5, 5.41) is 5.19. The molecular weight excluding hydrogens is 300 g/mol. The predicted octanol–water partition coefficient (Wildman–Crippen LogP) is 4.22. The summed E-state index contributed by atoms with van der Waals surface area (Å²) in [6.45, 7) is 5.96. The summed E-state index contributed by atoms with van der Waals surface area (Å²) in [4.78, 5) is 9.18. The molecule has 120 valence electrons. The van der Waals surface area contributed by atoms with Gasteiger partial charge in [0, 0.05) is 36.1 Å².